The van der Waals surface area contributed by atoms with Crippen molar-refractivity contribution in [2.75, 3.05) is 0 Å². The Labute approximate surface area is 84.2 Å². The lowest BCUT2D eigenvalue weighted by molar-refractivity contribution is 0.0144. The Kier molecular flexibility index (Phi) is 1.28. The minimum atomic E-state index is -0.214. The number of carbonyl (C=O) groups is 1. The number of rotatable bonds is 0. The Morgan fingerprint density at radius 1 is 1.43 bits per heavy atom. The number of ether oxygens (including phenoxy) is 1. The summed E-state index contributed by atoms with van der Waals surface area (Å²) < 4.78 is 5.41. The first kappa shape index (κ1) is 8.57. The van der Waals surface area contributed by atoms with Crippen molar-refractivity contribution in [3.63, 3.8) is 0 Å². The summed E-state index contributed by atoms with van der Waals surface area (Å²) in [4.78, 5) is 11.2. The summed E-state index contributed by atoms with van der Waals surface area (Å²) in [5.41, 5.74) is 0.484. The zero-order chi connectivity index (χ0) is 10.1. The molecule has 0 radical (unpaired) electrons. The number of amides is 1. The molecule has 78 valence electrons. The molecule has 1 heterocycles. The number of hydrogen-bond acceptors (Lipinski definition) is 2. The second-order valence-electron chi connectivity index (χ2n) is 5.78. The van der Waals surface area contributed by atoms with Gasteiger partial charge in [0, 0.05) is 5.41 Å². The highest BCUT2D eigenvalue weighted by molar-refractivity contribution is 5.71. The molecule has 0 aromatic carbocycles. The molecule has 3 nitrogen and oxygen atoms in total. The molecule has 3 heteroatoms. The van der Waals surface area contributed by atoms with Crippen LogP contribution in [-0.4, -0.2) is 18.2 Å². The molecule has 0 aromatic heterocycles. The molecule has 3 aliphatic rings. The molecule has 3 fully saturated rings. The fourth-order valence-corrected chi connectivity index (χ4v) is 3.97. The zero-order valence-corrected chi connectivity index (χ0v) is 8.96. The summed E-state index contributed by atoms with van der Waals surface area (Å²) in [5.74, 6) is 0.601. The van der Waals surface area contributed by atoms with Gasteiger partial charge in [-0.05, 0) is 24.2 Å². The summed E-state index contributed by atoms with van der Waals surface area (Å²) in [5, 5.41) is 2.97. The first-order valence-electron chi connectivity index (χ1n) is 5.44. The molecule has 0 spiro atoms. The van der Waals surface area contributed by atoms with Gasteiger partial charge in [0.05, 0.1) is 6.04 Å². The summed E-state index contributed by atoms with van der Waals surface area (Å²) in [6.45, 7) is 6.91. The molecule has 1 N–H and O–H groups in total. The van der Waals surface area contributed by atoms with Gasteiger partial charge in [0.25, 0.3) is 0 Å². The third-order valence-corrected chi connectivity index (χ3v) is 5.28. The number of alkyl carbamates (subject to hydrolysis) is 1. The standard InChI is InChI=1S/C11H17NO2/c1-10(2)6-4-5-11(10,3)8-7(6)12-9(13)14-8/h6-8H,4-5H2,1-3H3,(H,12,13)/t6-,7-,8-,11+/m1/s1. The Bertz CT molecular complexity index is 312. The molecule has 0 aromatic rings. The van der Waals surface area contributed by atoms with E-state index in [1.165, 1.54) is 12.8 Å². The lowest BCUT2D eigenvalue weighted by atomic mass is 9.70. The Hall–Kier alpha value is -0.730. The van der Waals surface area contributed by atoms with E-state index in [0.29, 0.717) is 11.3 Å². The third kappa shape index (κ3) is 0.665. The van der Waals surface area contributed by atoms with Crippen molar-refractivity contribution in [2.45, 2.75) is 45.8 Å². The fourth-order valence-electron chi connectivity index (χ4n) is 3.97. The van der Waals surface area contributed by atoms with E-state index in [1.54, 1.807) is 0 Å². The monoisotopic (exact) mass is 195 g/mol. The summed E-state index contributed by atoms with van der Waals surface area (Å²) in [7, 11) is 0. The third-order valence-electron chi connectivity index (χ3n) is 5.28. The van der Waals surface area contributed by atoms with E-state index in [4.69, 9.17) is 4.74 Å². The lowest BCUT2D eigenvalue weighted by Gasteiger charge is -2.36. The average molecular weight is 195 g/mol. The predicted molar refractivity (Wildman–Crippen MR) is 51.8 cm³/mol. The Balaban J connectivity index is 2.06. The van der Waals surface area contributed by atoms with Crippen LogP contribution in [0.5, 0.6) is 0 Å². The highest BCUT2D eigenvalue weighted by Crippen LogP contribution is 2.67. The Morgan fingerprint density at radius 2 is 2.14 bits per heavy atom. The predicted octanol–water partition coefficient (Wildman–Crippen LogP) is 1.92. The van der Waals surface area contributed by atoms with Gasteiger partial charge in [0.2, 0.25) is 0 Å². The smallest absolute Gasteiger partial charge is 0.407 e. The average Bonchev–Trinajstić information content (AvgIpc) is 2.59. The maximum atomic E-state index is 11.2. The van der Waals surface area contributed by atoms with Gasteiger partial charge in [-0.2, -0.15) is 0 Å². The van der Waals surface area contributed by atoms with E-state index >= 15 is 0 Å². The van der Waals surface area contributed by atoms with Crippen LogP contribution in [0.2, 0.25) is 0 Å². The van der Waals surface area contributed by atoms with Crippen molar-refractivity contribution >= 4 is 6.09 Å². The van der Waals surface area contributed by atoms with Crippen LogP contribution in [0.15, 0.2) is 0 Å². The van der Waals surface area contributed by atoms with Gasteiger partial charge >= 0.3 is 6.09 Å². The van der Waals surface area contributed by atoms with Gasteiger partial charge in [-0.1, -0.05) is 20.8 Å². The van der Waals surface area contributed by atoms with Gasteiger partial charge in [0.15, 0.2) is 0 Å². The van der Waals surface area contributed by atoms with Crippen LogP contribution in [0.4, 0.5) is 4.79 Å². The van der Waals surface area contributed by atoms with Gasteiger partial charge < -0.3 is 10.1 Å². The molecule has 4 atom stereocenters. The van der Waals surface area contributed by atoms with E-state index in [0.717, 1.165) is 0 Å². The first-order valence-corrected chi connectivity index (χ1v) is 5.44. The van der Waals surface area contributed by atoms with Gasteiger partial charge in [-0.25, -0.2) is 4.79 Å². The minimum Gasteiger partial charge on any atom is -0.443 e. The van der Waals surface area contributed by atoms with Crippen molar-refractivity contribution < 1.29 is 9.53 Å². The minimum absolute atomic E-state index is 0.115. The van der Waals surface area contributed by atoms with E-state index in [9.17, 15) is 4.79 Å². The molecule has 1 saturated heterocycles. The van der Waals surface area contributed by atoms with Crippen molar-refractivity contribution in [3.8, 4) is 0 Å². The molecule has 2 saturated carbocycles. The largest absolute Gasteiger partial charge is 0.443 e. The molecule has 14 heavy (non-hydrogen) atoms. The molecule has 2 aliphatic carbocycles. The first-order chi connectivity index (χ1) is 6.47. The highest BCUT2D eigenvalue weighted by atomic mass is 16.6. The number of carbonyl (C=O) groups excluding carboxylic acids is 1. The van der Waals surface area contributed by atoms with E-state index in [2.05, 4.69) is 26.1 Å². The van der Waals surface area contributed by atoms with Crippen molar-refractivity contribution in [3.05, 3.63) is 0 Å². The molecule has 3 rings (SSSR count). The maximum Gasteiger partial charge on any atom is 0.407 e. The molecular weight excluding hydrogens is 178 g/mol. The Morgan fingerprint density at radius 3 is 2.79 bits per heavy atom. The molecular formula is C11H17NO2. The van der Waals surface area contributed by atoms with Crippen LogP contribution in [-0.2, 0) is 4.74 Å². The van der Waals surface area contributed by atoms with Crippen molar-refractivity contribution in [1.29, 1.82) is 0 Å². The van der Waals surface area contributed by atoms with Crippen LogP contribution in [0.3, 0.4) is 0 Å². The quantitative estimate of drug-likeness (QED) is 0.641. The maximum absolute atomic E-state index is 11.2. The lowest BCUT2D eigenvalue weighted by Crippen LogP contribution is -2.40. The molecule has 2 bridgehead atoms. The van der Waals surface area contributed by atoms with Crippen LogP contribution in [0, 0.1) is 16.7 Å². The van der Waals surface area contributed by atoms with Crippen LogP contribution < -0.4 is 5.32 Å². The molecule has 1 aliphatic heterocycles. The fraction of sp³-hybridized carbons (Fsp3) is 0.909. The van der Waals surface area contributed by atoms with E-state index < -0.39 is 0 Å². The second-order valence-corrected chi connectivity index (χ2v) is 5.78. The van der Waals surface area contributed by atoms with Crippen molar-refractivity contribution in [2.24, 2.45) is 16.7 Å². The molecule has 0 unspecified atom stereocenters. The second kappa shape index (κ2) is 2.10. The van der Waals surface area contributed by atoms with Gasteiger partial charge in [-0.3, -0.25) is 0 Å². The van der Waals surface area contributed by atoms with Crippen LogP contribution in [0.25, 0.3) is 0 Å². The summed E-state index contributed by atoms with van der Waals surface area (Å²) >= 11 is 0. The van der Waals surface area contributed by atoms with Gasteiger partial charge in [-0.15, -0.1) is 0 Å². The number of fused-ring (bicyclic) bond motifs is 5. The van der Waals surface area contributed by atoms with Crippen LogP contribution in [0.1, 0.15) is 33.6 Å². The van der Waals surface area contributed by atoms with Gasteiger partial charge in [0.1, 0.15) is 6.10 Å². The summed E-state index contributed by atoms with van der Waals surface area (Å²) in [6.07, 6.45) is 2.33. The van der Waals surface area contributed by atoms with Crippen molar-refractivity contribution in [1.82, 2.24) is 5.32 Å². The summed E-state index contributed by atoms with van der Waals surface area (Å²) in [6, 6.07) is 0.274. The number of nitrogens with one attached hydrogen (secondary N) is 1. The van der Waals surface area contributed by atoms with E-state index in [1.807, 2.05) is 0 Å². The van der Waals surface area contributed by atoms with E-state index in [-0.39, 0.29) is 23.7 Å². The zero-order valence-electron chi connectivity index (χ0n) is 8.96. The SMILES string of the molecule is CC1(C)[C@@H]2CC[C@@]1(C)[C@@H]1OC(=O)N[C@H]21. The highest BCUT2D eigenvalue weighted by Gasteiger charge is 2.70. The topological polar surface area (TPSA) is 38.3 Å². The number of hydrogen-bond donors (Lipinski definition) is 1. The normalized spacial score (nSPS) is 52.8. The molecule has 1 amide bonds. The van der Waals surface area contributed by atoms with Crippen LogP contribution >= 0.6 is 0 Å².